The molecule has 0 aromatic rings. The molecule has 1 amide bonds. The Kier molecular flexibility index (Phi) is 56.0. The van der Waals surface area contributed by atoms with Gasteiger partial charge in [0.05, 0.1) is 25.4 Å². The van der Waals surface area contributed by atoms with Gasteiger partial charge in [0.15, 0.2) is 0 Å². The molecule has 0 aromatic heterocycles. The van der Waals surface area contributed by atoms with Crippen molar-refractivity contribution in [2.24, 2.45) is 0 Å². The zero-order valence-corrected chi connectivity index (χ0v) is 45.6. The molecule has 2 atom stereocenters. The third-order valence-electron chi connectivity index (χ3n) is 13.9. The van der Waals surface area contributed by atoms with E-state index < -0.39 is 12.1 Å². The van der Waals surface area contributed by atoms with Gasteiger partial charge in [-0.3, -0.25) is 9.59 Å². The van der Waals surface area contributed by atoms with Gasteiger partial charge in [0.25, 0.3) is 0 Å². The van der Waals surface area contributed by atoms with E-state index in [9.17, 15) is 19.8 Å². The highest BCUT2D eigenvalue weighted by molar-refractivity contribution is 5.76. The molecule has 0 spiro atoms. The first-order valence-electron chi connectivity index (χ1n) is 30.3. The van der Waals surface area contributed by atoms with Crippen LogP contribution in [0.15, 0.2) is 36.5 Å². The fraction of sp³-hybridized carbons (Fsp3) is 0.871. The summed E-state index contributed by atoms with van der Waals surface area (Å²) in [5, 5.41) is 23.1. The number of carbonyl (C=O) groups excluding carboxylic acids is 2. The number of hydrogen-bond acceptors (Lipinski definition) is 5. The topological polar surface area (TPSA) is 95.9 Å². The average molecular weight is 957 g/mol. The maximum Gasteiger partial charge on any atom is 0.305 e. The molecule has 6 heteroatoms. The summed E-state index contributed by atoms with van der Waals surface area (Å²) >= 11 is 0. The third kappa shape index (κ3) is 53.4. The average Bonchev–Trinajstić information content (AvgIpc) is 3.34. The van der Waals surface area contributed by atoms with Crippen LogP contribution in [0.25, 0.3) is 0 Å². The molecule has 0 fully saturated rings. The minimum atomic E-state index is -0.842. The Morgan fingerprint density at radius 2 is 0.765 bits per heavy atom. The van der Waals surface area contributed by atoms with Crippen LogP contribution in [0, 0.1) is 0 Å². The number of ether oxygens (including phenoxy) is 1. The number of hydrogen-bond donors (Lipinski definition) is 3. The largest absolute Gasteiger partial charge is 0.466 e. The minimum Gasteiger partial charge on any atom is -0.466 e. The van der Waals surface area contributed by atoms with Gasteiger partial charge in [0.1, 0.15) is 0 Å². The molecule has 3 N–H and O–H groups in total. The van der Waals surface area contributed by atoms with Crippen molar-refractivity contribution in [2.45, 2.75) is 334 Å². The summed E-state index contributed by atoms with van der Waals surface area (Å²) in [6.45, 7) is 4.84. The quantitative estimate of drug-likeness (QED) is 0.0321. The van der Waals surface area contributed by atoms with Crippen molar-refractivity contribution in [1.82, 2.24) is 5.32 Å². The number of carbonyl (C=O) groups is 2. The molecule has 0 rings (SSSR count). The van der Waals surface area contributed by atoms with E-state index >= 15 is 0 Å². The molecule has 0 radical (unpaired) electrons. The first-order valence-corrected chi connectivity index (χ1v) is 30.3. The fourth-order valence-electron chi connectivity index (χ4n) is 9.26. The highest BCUT2D eigenvalue weighted by Gasteiger charge is 2.18. The summed E-state index contributed by atoms with van der Waals surface area (Å²) in [5.74, 6) is -0.0648. The van der Waals surface area contributed by atoms with Crippen molar-refractivity contribution in [1.29, 1.82) is 0 Å². The monoisotopic (exact) mass is 956 g/mol. The molecule has 68 heavy (non-hydrogen) atoms. The van der Waals surface area contributed by atoms with E-state index in [1.54, 1.807) is 6.08 Å². The lowest BCUT2D eigenvalue weighted by molar-refractivity contribution is -0.143. The molecular formula is C62H117NO5. The Morgan fingerprint density at radius 3 is 1.18 bits per heavy atom. The van der Waals surface area contributed by atoms with Gasteiger partial charge in [0.2, 0.25) is 5.91 Å². The molecule has 0 heterocycles. The van der Waals surface area contributed by atoms with E-state index in [1.165, 1.54) is 244 Å². The maximum absolute atomic E-state index is 12.4. The summed E-state index contributed by atoms with van der Waals surface area (Å²) < 4.78 is 5.47. The van der Waals surface area contributed by atoms with Gasteiger partial charge in [-0.2, -0.15) is 0 Å². The molecule has 0 aliphatic heterocycles. The number of nitrogens with one attached hydrogen (secondary N) is 1. The van der Waals surface area contributed by atoms with Gasteiger partial charge < -0.3 is 20.3 Å². The number of aliphatic hydroxyl groups excluding tert-OH is 2. The van der Waals surface area contributed by atoms with Gasteiger partial charge in [-0.15, -0.1) is 0 Å². The second kappa shape index (κ2) is 57.7. The Bertz CT molecular complexity index is 1100. The van der Waals surface area contributed by atoms with Gasteiger partial charge >= 0.3 is 5.97 Å². The first kappa shape index (κ1) is 66.1. The summed E-state index contributed by atoms with van der Waals surface area (Å²) in [5.41, 5.74) is 0. The Morgan fingerprint density at radius 1 is 0.412 bits per heavy atom. The van der Waals surface area contributed by atoms with Crippen LogP contribution < -0.4 is 5.32 Å². The first-order chi connectivity index (χ1) is 33.5. The molecule has 0 aromatic carbocycles. The van der Waals surface area contributed by atoms with E-state index in [0.29, 0.717) is 19.4 Å². The van der Waals surface area contributed by atoms with Gasteiger partial charge in [-0.05, 0) is 57.8 Å². The van der Waals surface area contributed by atoms with E-state index in [-0.39, 0.29) is 18.5 Å². The smallest absolute Gasteiger partial charge is 0.305 e. The van der Waals surface area contributed by atoms with E-state index in [0.717, 1.165) is 51.4 Å². The number of esters is 1. The fourth-order valence-corrected chi connectivity index (χ4v) is 9.26. The maximum atomic E-state index is 12.4. The van der Waals surface area contributed by atoms with Gasteiger partial charge in [0, 0.05) is 12.8 Å². The lowest BCUT2D eigenvalue weighted by Gasteiger charge is -2.20. The van der Waals surface area contributed by atoms with Crippen LogP contribution in [0.3, 0.4) is 0 Å². The van der Waals surface area contributed by atoms with Crippen LogP contribution in [0.1, 0.15) is 322 Å². The predicted octanol–water partition coefficient (Wildman–Crippen LogP) is 18.8. The van der Waals surface area contributed by atoms with Crippen LogP contribution >= 0.6 is 0 Å². The second-order valence-corrected chi connectivity index (χ2v) is 20.7. The molecule has 0 aliphatic carbocycles. The van der Waals surface area contributed by atoms with Crippen LogP contribution in [-0.4, -0.2) is 47.4 Å². The molecule has 2 unspecified atom stereocenters. The van der Waals surface area contributed by atoms with Crippen molar-refractivity contribution in [3.05, 3.63) is 36.5 Å². The number of allylic oxidation sites excluding steroid dienone is 5. The number of aliphatic hydroxyl groups is 2. The Hall–Kier alpha value is -1.92. The second-order valence-electron chi connectivity index (χ2n) is 20.7. The van der Waals surface area contributed by atoms with E-state index in [2.05, 4.69) is 43.5 Å². The van der Waals surface area contributed by atoms with Crippen molar-refractivity contribution >= 4 is 11.9 Å². The summed E-state index contributed by atoms with van der Waals surface area (Å²) in [4.78, 5) is 24.5. The van der Waals surface area contributed by atoms with Crippen LogP contribution in [0.5, 0.6) is 0 Å². The number of unbranched alkanes of at least 4 members (excludes halogenated alkanes) is 41. The normalized spacial score (nSPS) is 12.8. The van der Waals surface area contributed by atoms with Crippen LogP contribution in [0.4, 0.5) is 0 Å². The Labute approximate surface area is 424 Å². The molecule has 0 bridgehead atoms. The van der Waals surface area contributed by atoms with Crippen molar-refractivity contribution in [2.75, 3.05) is 13.2 Å². The van der Waals surface area contributed by atoms with Crippen LogP contribution in [-0.2, 0) is 14.3 Å². The predicted molar refractivity (Wildman–Crippen MR) is 296 cm³/mol. The van der Waals surface area contributed by atoms with E-state index in [1.807, 2.05) is 6.08 Å². The van der Waals surface area contributed by atoms with Crippen LogP contribution in [0.2, 0.25) is 0 Å². The molecule has 0 aliphatic rings. The molecule has 0 saturated carbocycles. The molecule has 6 nitrogen and oxygen atoms in total. The standard InChI is InChI=1S/C62H117NO5/c1-3-5-7-9-11-13-15-31-36-40-44-48-52-56-62(67)68-57-53-49-45-41-37-33-30-28-26-24-22-20-18-17-19-21-23-25-27-29-32-35-39-43-47-51-55-61(66)63-59(58-64)60(65)54-50-46-42-38-34-16-14-12-10-8-6-4-2/h7,9,13,15,50,54,59-60,64-65H,3-6,8,10-12,14,16-49,51-53,55-58H2,1-2H3,(H,63,66)/b9-7-,15-13-,54-50+. The van der Waals surface area contributed by atoms with Crippen molar-refractivity contribution in [3.8, 4) is 0 Å². The zero-order valence-electron chi connectivity index (χ0n) is 45.6. The summed E-state index contributed by atoms with van der Waals surface area (Å²) in [6, 6.07) is -0.625. The highest BCUT2D eigenvalue weighted by atomic mass is 16.5. The number of amides is 1. The molecule has 400 valence electrons. The lowest BCUT2D eigenvalue weighted by atomic mass is 10.0. The van der Waals surface area contributed by atoms with Gasteiger partial charge in [-0.25, -0.2) is 0 Å². The van der Waals surface area contributed by atoms with E-state index in [4.69, 9.17) is 4.74 Å². The SMILES string of the molecule is CCC/C=C\C/C=C\CCCCCCCC(=O)OCCCCCCCCCCCCCCCCCCCCCCCCCCCCC(=O)NC(CO)C(O)/C=C/CCCCCCCCCCCC. The summed E-state index contributed by atoms with van der Waals surface area (Å²) in [7, 11) is 0. The summed E-state index contributed by atoms with van der Waals surface area (Å²) in [6.07, 6.45) is 71.9. The lowest BCUT2D eigenvalue weighted by Crippen LogP contribution is -2.45. The van der Waals surface area contributed by atoms with Gasteiger partial charge in [-0.1, -0.05) is 288 Å². The third-order valence-corrected chi connectivity index (χ3v) is 13.9. The highest BCUT2D eigenvalue weighted by Crippen LogP contribution is 2.17. The van der Waals surface area contributed by atoms with Crippen molar-refractivity contribution in [3.63, 3.8) is 0 Å². The molecular weight excluding hydrogens is 839 g/mol. The molecule has 0 saturated heterocycles. The Balaban J connectivity index is 3.36. The zero-order chi connectivity index (χ0) is 49.3. The minimum absolute atomic E-state index is 0.00122. The number of rotatable bonds is 56. The van der Waals surface area contributed by atoms with Crippen molar-refractivity contribution < 1.29 is 24.5 Å².